The van der Waals surface area contributed by atoms with Gasteiger partial charge in [-0.2, -0.15) is 0 Å². The molecule has 0 saturated carbocycles. The monoisotopic (exact) mass is 523 g/mol. The summed E-state index contributed by atoms with van der Waals surface area (Å²) in [4.78, 5) is 36.1. The zero-order valence-electron chi connectivity index (χ0n) is 24.4. The average molecular weight is 524 g/mol. The fourth-order valence-corrected chi connectivity index (χ4v) is 5.26. The van der Waals surface area contributed by atoms with E-state index >= 15 is 0 Å². The lowest BCUT2D eigenvalue weighted by molar-refractivity contribution is -0.190. The molecule has 4 atom stereocenters. The fraction of sp³-hybridized carbons (Fsp3) is 0.903. The van der Waals surface area contributed by atoms with Gasteiger partial charge < -0.3 is 14.8 Å². The molecule has 0 spiro atoms. The Kier molecular flexibility index (Phi) is 19.3. The second-order valence-electron chi connectivity index (χ2n) is 11.5. The highest BCUT2D eigenvalue weighted by Crippen LogP contribution is 2.32. The number of amides is 1. The van der Waals surface area contributed by atoms with Crippen molar-refractivity contribution in [2.75, 3.05) is 0 Å². The minimum Gasteiger partial charge on any atom is -0.461 e. The molecule has 0 aliphatic carbocycles. The Morgan fingerprint density at radius 1 is 0.892 bits per heavy atom. The standard InChI is InChI=1S/C31H57NO5/c1-5-7-9-11-12-13-14-15-16-17-18-20-26(36-31(35)28(32-24-33)22-25(3)4)23-29-27(30(34)37-29)21-19-10-8-6-2/h24-29H,5-23H2,1-4H3,(H,32,33)/t26-,27-,28-,29?/m0/s1. The van der Waals surface area contributed by atoms with E-state index in [1.54, 1.807) is 0 Å². The van der Waals surface area contributed by atoms with Crippen molar-refractivity contribution in [1.82, 2.24) is 5.32 Å². The van der Waals surface area contributed by atoms with Crippen LogP contribution >= 0.6 is 0 Å². The second kappa shape index (κ2) is 21.4. The summed E-state index contributed by atoms with van der Waals surface area (Å²) >= 11 is 0. The summed E-state index contributed by atoms with van der Waals surface area (Å²) in [5, 5.41) is 2.63. The number of nitrogens with one attached hydrogen (secondary N) is 1. The molecule has 216 valence electrons. The van der Waals surface area contributed by atoms with Gasteiger partial charge in [-0.15, -0.1) is 0 Å². The van der Waals surface area contributed by atoms with Crippen molar-refractivity contribution in [1.29, 1.82) is 0 Å². The summed E-state index contributed by atoms with van der Waals surface area (Å²) in [7, 11) is 0. The van der Waals surface area contributed by atoms with E-state index in [0.717, 1.165) is 38.5 Å². The van der Waals surface area contributed by atoms with Crippen LogP contribution in [-0.2, 0) is 23.9 Å². The van der Waals surface area contributed by atoms with Gasteiger partial charge in [0.15, 0.2) is 0 Å². The van der Waals surface area contributed by atoms with Crippen LogP contribution in [0, 0.1) is 11.8 Å². The maximum atomic E-state index is 12.9. The SMILES string of the molecule is CCCCCCCCCCCCC[C@@H](CC1OC(=O)[C@H]1CCCCCC)OC(=O)[C@H](CC(C)C)NC=O. The van der Waals surface area contributed by atoms with Gasteiger partial charge >= 0.3 is 11.9 Å². The molecule has 0 bridgehead atoms. The van der Waals surface area contributed by atoms with Crippen LogP contribution in [0.2, 0.25) is 0 Å². The Hall–Kier alpha value is -1.59. The third-order valence-corrected chi connectivity index (χ3v) is 7.56. The minimum absolute atomic E-state index is 0.0741. The molecule has 0 aromatic heterocycles. The van der Waals surface area contributed by atoms with Crippen LogP contribution in [0.3, 0.4) is 0 Å². The minimum atomic E-state index is -0.633. The van der Waals surface area contributed by atoms with Gasteiger partial charge in [-0.05, 0) is 31.6 Å². The smallest absolute Gasteiger partial charge is 0.328 e. The van der Waals surface area contributed by atoms with Gasteiger partial charge in [0.25, 0.3) is 0 Å². The van der Waals surface area contributed by atoms with E-state index < -0.39 is 6.04 Å². The molecule has 1 heterocycles. The Labute approximate surface area is 227 Å². The molecule has 1 amide bonds. The molecule has 1 unspecified atom stereocenters. The van der Waals surface area contributed by atoms with Crippen molar-refractivity contribution in [2.24, 2.45) is 11.8 Å². The highest BCUT2D eigenvalue weighted by Gasteiger charge is 2.43. The Morgan fingerprint density at radius 2 is 1.43 bits per heavy atom. The molecular weight excluding hydrogens is 466 g/mol. The summed E-state index contributed by atoms with van der Waals surface area (Å²) in [5.41, 5.74) is 0. The van der Waals surface area contributed by atoms with Crippen molar-refractivity contribution in [2.45, 2.75) is 168 Å². The van der Waals surface area contributed by atoms with E-state index in [0.29, 0.717) is 19.3 Å². The van der Waals surface area contributed by atoms with Crippen LogP contribution in [0.5, 0.6) is 0 Å². The van der Waals surface area contributed by atoms with Gasteiger partial charge in [-0.25, -0.2) is 4.79 Å². The molecule has 1 fully saturated rings. The number of hydrogen-bond acceptors (Lipinski definition) is 5. The fourth-order valence-electron chi connectivity index (χ4n) is 5.26. The van der Waals surface area contributed by atoms with Crippen LogP contribution in [0.25, 0.3) is 0 Å². The number of ether oxygens (including phenoxy) is 2. The zero-order valence-corrected chi connectivity index (χ0v) is 24.4. The summed E-state index contributed by atoms with van der Waals surface area (Å²) in [6.45, 7) is 8.47. The number of hydrogen-bond donors (Lipinski definition) is 1. The third-order valence-electron chi connectivity index (χ3n) is 7.56. The summed E-state index contributed by atoms with van der Waals surface area (Å²) in [5.74, 6) is -0.300. The highest BCUT2D eigenvalue weighted by molar-refractivity contribution is 5.79. The number of rotatable bonds is 25. The first-order valence-electron chi connectivity index (χ1n) is 15.5. The summed E-state index contributed by atoms with van der Waals surface area (Å²) in [6, 6.07) is -0.633. The Bertz CT molecular complexity index is 608. The van der Waals surface area contributed by atoms with E-state index in [9.17, 15) is 14.4 Å². The van der Waals surface area contributed by atoms with Gasteiger partial charge in [0.2, 0.25) is 6.41 Å². The maximum Gasteiger partial charge on any atom is 0.328 e. The highest BCUT2D eigenvalue weighted by atomic mass is 16.6. The second-order valence-corrected chi connectivity index (χ2v) is 11.5. The van der Waals surface area contributed by atoms with Crippen LogP contribution in [0.1, 0.15) is 150 Å². The summed E-state index contributed by atoms with van der Waals surface area (Å²) in [6.07, 6.45) is 21.3. The first kappa shape index (κ1) is 33.4. The molecule has 1 aliphatic rings. The molecule has 0 aromatic carbocycles. The Balaban J connectivity index is 2.52. The number of esters is 2. The van der Waals surface area contributed by atoms with E-state index in [1.165, 1.54) is 70.6 Å². The molecule has 0 radical (unpaired) electrons. The van der Waals surface area contributed by atoms with Crippen LogP contribution in [-0.4, -0.2) is 36.6 Å². The normalized spacial score (nSPS) is 18.7. The molecule has 1 aliphatic heterocycles. The molecule has 6 heteroatoms. The topological polar surface area (TPSA) is 81.7 Å². The van der Waals surface area contributed by atoms with Gasteiger partial charge in [-0.1, -0.05) is 118 Å². The lowest BCUT2D eigenvalue weighted by Gasteiger charge is -2.37. The van der Waals surface area contributed by atoms with Crippen LogP contribution in [0.4, 0.5) is 0 Å². The largest absolute Gasteiger partial charge is 0.461 e. The predicted octanol–water partition coefficient (Wildman–Crippen LogP) is 7.66. The Morgan fingerprint density at radius 3 is 1.95 bits per heavy atom. The molecule has 6 nitrogen and oxygen atoms in total. The van der Waals surface area contributed by atoms with Gasteiger partial charge in [0, 0.05) is 6.42 Å². The van der Waals surface area contributed by atoms with Gasteiger partial charge in [0.05, 0.1) is 5.92 Å². The average Bonchev–Trinajstić information content (AvgIpc) is 2.86. The molecule has 1 rings (SSSR count). The molecular formula is C31H57NO5. The van der Waals surface area contributed by atoms with Crippen molar-refractivity contribution in [3.63, 3.8) is 0 Å². The van der Waals surface area contributed by atoms with Crippen molar-refractivity contribution in [3.8, 4) is 0 Å². The van der Waals surface area contributed by atoms with Crippen molar-refractivity contribution >= 4 is 18.3 Å². The first-order valence-corrected chi connectivity index (χ1v) is 15.5. The first-order chi connectivity index (χ1) is 17.9. The summed E-state index contributed by atoms with van der Waals surface area (Å²) < 4.78 is 11.4. The quantitative estimate of drug-likeness (QED) is 0.0754. The van der Waals surface area contributed by atoms with Crippen molar-refractivity contribution < 1.29 is 23.9 Å². The van der Waals surface area contributed by atoms with E-state index in [2.05, 4.69) is 19.2 Å². The molecule has 1 N–H and O–H groups in total. The van der Waals surface area contributed by atoms with Crippen LogP contribution in [0.15, 0.2) is 0 Å². The zero-order chi connectivity index (χ0) is 27.3. The third kappa shape index (κ3) is 15.4. The van der Waals surface area contributed by atoms with Crippen LogP contribution < -0.4 is 5.32 Å². The number of unbranched alkanes of at least 4 members (excludes halogenated alkanes) is 13. The molecule has 0 aromatic rings. The van der Waals surface area contributed by atoms with Gasteiger partial charge in [0.1, 0.15) is 18.2 Å². The lowest BCUT2D eigenvalue weighted by atomic mass is 9.86. The molecule has 1 saturated heterocycles. The number of carbonyl (C=O) groups excluding carboxylic acids is 3. The number of carbonyl (C=O) groups is 3. The number of cyclic esters (lactones) is 1. The van der Waals surface area contributed by atoms with E-state index in [1.807, 2.05) is 13.8 Å². The predicted molar refractivity (Wildman–Crippen MR) is 150 cm³/mol. The van der Waals surface area contributed by atoms with Crippen molar-refractivity contribution in [3.05, 3.63) is 0 Å². The maximum absolute atomic E-state index is 12.9. The van der Waals surface area contributed by atoms with E-state index in [4.69, 9.17) is 9.47 Å². The lowest BCUT2D eigenvalue weighted by Crippen LogP contribution is -2.48. The molecule has 37 heavy (non-hydrogen) atoms. The van der Waals surface area contributed by atoms with E-state index in [-0.39, 0.29) is 36.0 Å². The van der Waals surface area contributed by atoms with Gasteiger partial charge in [-0.3, -0.25) is 9.59 Å².